The number of hydrogen-bond acceptors (Lipinski definition) is 6. The van der Waals surface area contributed by atoms with Crippen molar-refractivity contribution in [1.82, 2.24) is 19.5 Å². The smallest absolute Gasteiger partial charge is 0.337 e. The van der Waals surface area contributed by atoms with E-state index in [1.54, 1.807) is 18.5 Å². The predicted molar refractivity (Wildman–Crippen MR) is 120 cm³/mol. The van der Waals surface area contributed by atoms with Crippen LogP contribution in [0.25, 0.3) is 22.2 Å². The number of pyridine rings is 1. The fourth-order valence-electron chi connectivity index (χ4n) is 3.57. The summed E-state index contributed by atoms with van der Waals surface area (Å²) in [5, 5.41) is 4.41. The summed E-state index contributed by atoms with van der Waals surface area (Å²) in [6, 6.07) is 4.08. The van der Waals surface area contributed by atoms with Gasteiger partial charge in [-0.25, -0.2) is 14.8 Å². The molecule has 1 aliphatic carbocycles. The van der Waals surface area contributed by atoms with Crippen LogP contribution >= 0.6 is 15.9 Å². The van der Waals surface area contributed by atoms with Crippen molar-refractivity contribution in [2.75, 3.05) is 12.4 Å². The third-order valence-electron chi connectivity index (χ3n) is 4.97. The number of anilines is 1. The van der Waals surface area contributed by atoms with Crippen LogP contribution in [0.2, 0.25) is 0 Å². The van der Waals surface area contributed by atoms with Gasteiger partial charge in [0.2, 0.25) is 5.95 Å². The molecule has 0 radical (unpaired) electrons. The largest absolute Gasteiger partial charge is 0.465 e. The van der Waals surface area contributed by atoms with E-state index in [9.17, 15) is 4.79 Å². The molecule has 3 heterocycles. The van der Waals surface area contributed by atoms with Crippen LogP contribution in [0.3, 0.4) is 0 Å². The quantitative estimate of drug-likeness (QED) is 0.550. The van der Waals surface area contributed by atoms with Crippen molar-refractivity contribution in [3.8, 4) is 11.3 Å². The molecular formula is C22H22BrN5O2. The highest BCUT2D eigenvalue weighted by Crippen LogP contribution is 2.31. The Hall–Kier alpha value is -3.00. The molecule has 3 aromatic rings. The van der Waals surface area contributed by atoms with E-state index in [2.05, 4.69) is 55.8 Å². The summed E-state index contributed by atoms with van der Waals surface area (Å²) in [6.45, 7) is 4.28. The number of ether oxygens (including phenoxy) is 1. The van der Waals surface area contributed by atoms with Gasteiger partial charge in [0.15, 0.2) is 0 Å². The van der Waals surface area contributed by atoms with E-state index in [4.69, 9.17) is 9.72 Å². The Morgan fingerprint density at radius 3 is 2.93 bits per heavy atom. The highest BCUT2D eigenvalue weighted by atomic mass is 79.9. The van der Waals surface area contributed by atoms with E-state index in [1.807, 2.05) is 24.4 Å². The van der Waals surface area contributed by atoms with Crippen LogP contribution in [-0.4, -0.2) is 38.6 Å². The van der Waals surface area contributed by atoms with Crippen LogP contribution in [0.1, 0.15) is 26.3 Å². The van der Waals surface area contributed by atoms with E-state index < -0.39 is 0 Å². The first-order valence-corrected chi connectivity index (χ1v) is 10.5. The molecule has 3 aromatic heterocycles. The Labute approximate surface area is 183 Å². The van der Waals surface area contributed by atoms with Gasteiger partial charge >= 0.3 is 5.97 Å². The molecule has 1 unspecified atom stereocenters. The molecule has 0 saturated heterocycles. The monoisotopic (exact) mass is 467 g/mol. The Morgan fingerprint density at radius 1 is 1.33 bits per heavy atom. The first-order chi connectivity index (χ1) is 14.5. The maximum absolute atomic E-state index is 11.9. The Bertz CT molecular complexity index is 1170. The van der Waals surface area contributed by atoms with Gasteiger partial charge in [0, 0.05) is 42.0 Å². The lowest BCUT2D eigenvalue weighted by atomic mass is 10.0. The molecule has 8 heteroatoms. The Balaban J connectivity index is 1.66. The summed E-state index contributed by atoms with van der Waals surface area (Å²) in [7, 11) is 1.37. The fraction of sp³-hybridized carbons (Fsp3) is 0.273. The zero-order valence-electron chi connectivity index (χ0n) is 17.0. The molecule has 0 bridgehead atoms. The number of nitrogens with one attached hydrogen (secondary N) is 1. The lowest BCUT2D eigenvalue weighted by molar-refractivity contribution is -0.135. The summed E-state index contributed by atoms with van der Waals surface area (Å²) < 4.78 is 7.94. The van der Waals surface area contributed by atoms with E-state index in [1.165, 1.54) is 7.11 Å². The van der Waals surface area contributed by atoms with Crippen molar-refractivity contribution < 1.29 is 9.53 Å². The average molecular weight is 468 g/mol. The Morgan fingerprint density at radius 2 is 2.17 bits per heavy atom. The normalized spacial score (nSPS) is 16.4. The van der Waals surface area contributed by atoms with Gasteiger partial charge in [-0.3, -0.25) is 4.98 Å². The van der Waals surface area contributed by atoms with Crippen LogP contribution in [-0.2, 0) is 9.53 Å². The van der Waals surface area contributed by atoms with Crippen molar-refractivity contribution in [3.05, 3.63) is 59.1 Å². The standard InChI is InChI=1S/C22H22BrN5O2/c1-13(2)28-12-18(17-4-6-24-11-20(17)28)19-5-7-25-22(27-19)26-16-9-14(21(29)30-3)8-15(23)10-16/h4-9,11-13,16H,10H2,1-3H3,(H,25,26,27). The molecule has 4 rings (SSSR count). The lowest BCUT2D eigenvalue weighted by Gasteiger charge is -2.19. The molecule has 0 fully saturated rings. The van der Waals surface area contributed by atoms with Crippen molar-refractivity contribution in [1.29, 1.82) is 0 Å². The lowest BCUT2D eigenvalue weighted by Crippen LogP contribution is -2.23. The van der Waals surface area contributed by atoms with E-state index in [0.717, 1.165) is 26.6 Å². The Kier molecular flexibility index (Phi) is 5.67. The van der Waals surface area contributed by atoms with Gasteiger partial charge in [0.25, 0.3) is 0 Å². The molecule has 0 aliphatic heterocycles. The second-order valence-electron chi connectivity index (χ2n) is 7.36. The maximum Gasteiger partial charge on any atom is 0.337 e. The molecule has 1 aliphatic rings. The molecule has 0 saturated carbocycles. The van der Waals surface area contributed by atoms with E-state index >= 15 is 0 Å². The van der Waals surface area contributed by atoms with Gasteiger partial charge in [0.05, 0.1) is 36.1 Å². The second-order valence-corrected chi connectivity index (χ2v) is 8.38. The van der Waals surface area contributed by atoms with Gasteiger partial charge in [-0.2, -0.15) is 0 Å². The molecule has 0 aromatic carbocycles. The highest BCUT2D eigenvalue weighted by Gasteiger charge is 2.20. The number of fused-ring (bicyclic) bond motifs is 1. The number of rotatable bonds is 5. The van der Waals surface area contributed by atoms with Gasteiger partial charge in [0.1, 0.15) is 0 Å². The maximum atomic E-state index is 11.9. The minimum atomic E-state index is -0.372. The van der Waals surface area contributed by atoms with Gasteiger partial charge in [-0.1, -0.05) is 15.9 Å². The molecule has 1 atom stereocenters. The number of halogens is 1. The van der Waals surface area contributed by atoms with Crippen LogP contribution in [0.15, 0.2) is 59.1 Å². The summed E-state index contributed by atoms with van der Waals surface area (Å²) in [4.78, 5) is 25.3. The number of nitrogens with zero attached hydrogens (tertiary/aromatic N) is 4. The molecular weight excluding hydrogens is 446 g/mol. The fourth-order valence-corrected chi connectivity index (χ4v) is 4.17. The first-order valence-electron chi connectivity index (χ1n) is 9.67. The van der Waals surface area contributed by atoms with Crippen molar-refractivity contribution in [2.45, 2.75) is 32.4 Å². The third kappa shape index (κ3) is 4.00. The summed E-state index contributed by atoms with van der Waals surface area (Å²) in [5.74, 6) is 0.128. The summed E-state index contributed by atoms with van der Waals surface area (Å²) >= 11 is 3.50. The van der Waals surface area contributed by atoms with Gasteiger partial charge in [-0.15, -0.1) is 0 Å². The van der Waals surface area contributed by atoms with Crippen molar-refractivity contribution in [2.24, 2.45) is 0 Å². The highest BCUT2D eigenvalue weighted by molar-refractivity contribution is 9.11. The van der Waals surface area contributed by atoms with Crippen molar-refractivity contribution in [3.63, 3.8) is 0 Å². The summed E-state index contributed by atoms with van der Waals surface area (Å²) in [5.41, 5.74) is 3.42. The number of hydrogen-bond donors (Lipinski definition) is 1. The number of methoxy groups -OCH3 is 1. The topological polar surface area (TPSA) is 81.9 Å². The van der Waals surface area contributed by atoms with Crippen LogP contribution in [0, 0.1) is 0 Å². The number of carbonyl (C=O) groups excluding carboxylic acids is 1. The van der Waals surface area contributed by atoms with Gasteiger partial charge in [-0.05, 0) is 42.6 Å². The third-order valence-corrected chi connectivity index (χ3v) is 5.52. The SMILES string of the molecule is COC(=O)C1=CC(Nc2nccc(-c3cn(C(C)C)c4cnccc34)n2)CC(Br)=C1. The number of carbonyl (C=O) groups is 1. The first kappa shape index (κ1) is 20.3. The number of aromatic nitrogens is 4. The molecule has 0 amide bonds. The molecule has 7 nitrogen and oxygen atoms in total. The predicted octanol–water partition coefficient (Wildman–Crippen LogP) is 4.64. The molecule has 154 valence electrons. The molecule has 0 spiro atoms. The minimum absolute atomic E-state index is 0.130. The van der Waals surface area contributed by atoms with E-state index in [0.29, 0.717) is 24.0 Å². The second kappa shape index (κ2) is 8.39. The van der Waals surface area contributed by atoms with E-state index in [-0.39, 0.29) is 12.0 Å². The van der Waals surface area contributed by atoms with Crippen molar-refractivity contribution >= 4 is 38.8 Å². The van der Waals surface area contributed by atoms with Crippen LogP contribution < -0.4 is 5.32 Å². The average Bonchev–Trinajstić information content (AvgIpc) is 3.13. The van der Waals surface area contributed by atoms with Crippen LogP contribution in [0.5, 0.6) is 0 Å². The zero-order valence-corrected chi connectivity index (χ0v) is 18.5. The molecule has 30 heavy (non-hydrogen) atoms. The van der Waals surface area contributed by atoms with Crippen LogP contribution in [0.4, 0.5) is 5.95 Å². The minimum Gasteiger partial charge on any atom is -0.465 e. The molecule has 1 N–H and O–H groups in total. The number of esters is 1. The zero-order chi connectivity index (χ0) is 21.3. The van der Waals surface area contributed by atoms with Gasteiger partial charge < -0.3 is 14.6 Å². The summed E-state index contributed by atoms with van der Waals surface area (Å²) in [6.07, 6.45) is 11.8.